The molecule has 2 aromatic heterocycles. The van der Waals surface area contributed by atoms with Crippen LogP contribution >= 0.6 is 27.3 Å². The van der Waals surface area contributed by atoms with Crippen LogP contribution < -0.4 is 5.32 Å². The Hall–Kier alpha value is -2.06. The highest BCUT2D eigenvalue weighted by atomic mass is 79.9. The number of aromatic nitrogens is 1. The molecule has 1 amide bonds. The quantitative estimate of drug-likeness (QED) is 0.633. The average molecular weight is 413 g/mol. The second-order valence-corrected chi connectivity index (χ2v) is 6.67. The summed E-state index contributed by atoms with van der Waals surface area (Å²) in [5.74, 6) is -0.456. The van der Waals surface area contributed by atoms with Crippen molar-refractivity contribution in [3.8, 4) is 11.3 Å². The fourth-order valence-electron chi connectivity index (χ4n) is 2.22. The molecule has 124 valence electrons. The van der Waals surface area contributed by atoms with Crippen molar-refractivity contribution < 1.29 is 18.0 Å². The third kappa shape index (κ3) is 3.11. The molecule has 0 spiro atoms. The van der Waals surface area contributed by atoms with Crippen LogP contribution in [0, 0.1) is 25.5 Å². The number of hydrogen-bond acceptors (Lipinski definition) is 4. The van der Waals surface area contributed by atoms with E-state index in [1.54, 1.807) is 19.2 Å². The molecule has 1 aromatic carbocycles. The van der Waals surface area contributed by atoms with E-state index < -0.39 is 17.5 Å². The van der Waals surface area contributed by atoms with E-state index in [-0.39, 0.29) is 16.4 Å². The summed E-state index contributed by atoms with van der Waals surface area (Å²) in [7, 11) is 0. The van der Waals surface area contributed by atoms with Gasteiger partial charge in [0.25, 0.3) is 5.91 Å². The van der Waals surface area contributed by atoms with Gasteiger partial charge in [-0.3, -0.25) is 10.1 Å². The van der Waals surface area contributed by atoms with E-state index in [0.29, 0.717) is 21.6 Å². The maximum absolute atomic E-state index is 13.8. The lowest BCUT2D eigenvalue weighted by atomic mass is 10.1. The van der Waals surface area contributed by atoms with Gasteiger partial charge in [0.1, 0.15) is 23.2 Å². The molecule has 0 aliphatic rings. The Balaban J connectivity index is 1.86. The minimum absolute atomic E-state index is 0.0447. The molecule has 8 heteroatoms. The lowest BCUT2D eigenvalue weighted by molar-refractivity contribution is 0.102. The lowest BCUT2D eigenvalue weighted by Crippen LogP contribution is -2.12. The zero-order valence-electron chi connectivity index (χ0n) is 12.6. The number of benzene rings is 1. The van der Waals surface area contributed by atoms with Gasteiger partial charge >= 0.3 is 0 Å². The number of carbonyl (C=O) groups is 1. The molecule has 1 N–H and O–H groups in total. The summed E-state index contributed by atoms with van der Waals surface area (Å²) in [5.41, 5.74) is 0.677. The molecule has 0 unspecified atom stereocenters. The van der Waals surface area contributed by atoms with Gasteiger partial charge in [-0.1, -0.05) is 0 Å². The van der Waals surface area contributed by atoms with Gasteiger partial charge in [0.15, 0.2) is 5.13 Å². The van der Waals surface area contributed by atoms with Gasteiger partial charge in [-0.25, -0.2) is 13.8 Å². The Morgan fingerprint density at radius 2 is 2.04 bits per heavy atom. The van der Waals surface area contributed by atoms with Crippen LogP contribution in [0.2, 0.25) is 0 Å². The van der Waals surface area contributed by atoms with Crippen LogP contribution in [0.1, 0.15) is 21.9 Å². The summed E-state index contributed by atoms with van der Waals surface area (Å²) in [6, 6.07) is 3.14. The summed E-state index contributed by atoms with van der Waals surface area (Å²) in [6.07, 6.45) is 0. The zero-order valence-corrected chi connectivity index (χ0v) is 15.0. The molecule has 0 saturated heterocycles. The second-order valence-electron chi connectivity index (χ2n) is 5.02. The van der Waals surface area contributed by atoms with E-state index in [4.69, 9.17) is 4.42 Å². The van der Waals surface area contributed by atoms with Gasteiger partial charge in [0.2, 0.25) is 0 Å². The first-order valence-corrected chi connectivity index (χ1v) is 8.52. The summed E-state index contributed by atoms with van der Waals surface area (Å²) in [5, 5.41) is 4.47. The van der Waals surface area contributed by atoms with E-state index in [0.717, 1.165) is 29.5 Å². The first kappa shape index (κ1) is 16.8. The van der Waals surface area contributed by atoms with Crippen LogP contribution in [0.4, 0.5) is 13.9 Å². The predicted molar refractivity (Wildman–Crippen MR) is 91.3 cm³/mol. The Bertz CT molecular complexity index is 936. The lowest BCUT2D eigenvalue weighted by Gasteiger charge is -2.01. The Labute approximate surface area is 148 Å². The fraction of sp³-hybridized carbons (Fsp3) is 0.125. The van der Waals surface area contributed by atoms with Crippen molar-refractivity contribution in [3.63, 3.8) is 0 Å². The number of thiazole rings is 1. The number of amides is 1. The van der Waals surface area contributed by atoms with E-state index in [1.165, 1.54) is 0 Å². The molecule has 0 radical (unpaired) electrons. The van der Waals surface area contributed by atoms with Gasteiger partial charge in [-0.05, 0) is 48.0 Å². The van der Waals surface area contributed by atoms with Crippen LogP contribution in [-0.4, -0.2) is 10.9 Å². The largest absolute Gasteiger partial charge is 0.465 e. The van der Waals surface area contributed by atoms with Crippen LogP contribution in [0.5, 0.6) is 0 Å². The standard InChI is InChI=1S/C16H11BrF2N2O2S/c1-7-13(14(17)8(2)23-7)15(22)21-16-20-12(6-24-16)10-5-9(18)3-4-11(10)19/h3-6H,1-2H3,(H,20,21,22). The van der Waals surface area contributed by atoms with Crippen molar-refractivity contribution in [1.29, 1.82) is 0 Å². The van der Waals surface area contributed by atoms with Gasteiger partial charge in [0.05, 0.1) is 15.7 Å². The molecule has 0 saturated carbocycles. The minimum atomic E-state index is -0.580. The highest BCUT2D eigenvalue weighted by Gasteiger charge is 2.21. The van der Waals surface area contributed by atoms with Crippen molar-refractivity contribution >= 4 is 38.3 Å². The number of nitrogens with one attached hydrogen (secondary N) is 1. The third-order valence-electron chi connectivity index (χ3n) is 3.34. The van der Waals surface area contributed by atoms with Crippen molar-refractivity contribution in [3.05, 3.63) is 56.8 Å². The fourth-order valence-corrected chi connectivity index (χ4v) is 3.47. The van der Waals surface area contributed by atoms with E-state index in [1.807, 2.05) is 0 Å². The molecule has 0 aliphatic heterocycles. The van der Waals surface area contributed by atoms with E-state index in [9.17, 15) is 13.6 Å². The molecule has 0 aliphatic carbocycles. The monoisotopic (exact) mass is 412 g/mol. The van der Waals surface area contributed by atoms with Crippen molar-refractivity contribution in [2.75, 3.05) is 5.32 Å². The van der Waals surface area contributed by atoms with Gasteiger partial charge in [-0.15, -0.1) is 11.3 Å². The number of rotatable bonds is 3. The van der Waals surface area contributed by atoms with E-state index in [2.05, 4.69) is 26.2 Å². The smallest absolute Gasteiger partial charge is 0.262 e. The van der Waals surface area contributed by atoms with Crippen LogP contribution in [0.3, 0.4) is 0 Å². The average Bonchev–Trinajstić information content (AvgIpc) is 3.07. The molecule has 2 heterocycles. The summed E-state index contributed by atoms with van der Waals surface area (Å²) >= 11 is 4.43. The van der Waals surface area contributed by atoms with Crippen LogP contribution in [-0.2, 0) is 0 Å². The van der Waals surface area contributed by atoms with Crippen LogP contribution in [0.25, 0.3) is 11.3 Å². The second kappa shape index (κ2) is 6.45. The van der Waals surface area contributed by atoms with Gasteiger partial charge in [-0.2, -0.15) is 0 Å². The number of anilines is 1. The highest BCUT2D eigenvalue weighted by Crippen LogP contribution is 2.30. The highest BCUT2D eigenvalue weighted by molar-refractivity contribution is 9.10. The normalized spacial score (nSPS) is 10.9. The molecule has 0 bridgehead atoms. The number of halogens is 3. The maximum Gasteiger partial charge on any atom is 0.262 e. The van der Waals surface area contributed by atoms with E-state index >= 15 is 0 Å². The Morgan fingerprint density at radius 3 is 2.71 bits per heavy atom. The number of furan rings is 1. The molecular formula is C16H11BrF2N2O2S. The SMILES string of the molecule is Cc1oc(C)c(C(=O)Nc2nc(-c3cc(F)ccc3F)cs2)c1Br. The number of aryl methyl sites for hydroxylation is 2. The topological polar surface area (TPSA) is 55.1 Å². The van der Waals surface area contributed by atoms with Crippen molar-refractivity contribution in [2.45, 2.75) is 13.8 Å². The molecule has 4 nitrogen and oxygen atoms in total. The molecule has 3 aromatic rings. The van der Waals surface area contributed by atoms with Gasteiger partial charge in [0, 0.05) is 10.9 Å². The molecular weight excluding hydrogens is 402 g/mol. The number of carbonyl (C=O) groups excluding carboxylic acids is 1. The number of nitrogens with zero attached hydrogens (tertiary/aromatic N) is 1. The molecule has 0 fully saturated rings. The predicted octanol–water partition coefficient (Wildman–Crippen LogP) is 5.31. The first-order valence-electron chi connectivity index (χ1n) is 6.84. The van der Waals surface area contributed by atoms with Crippen molar-refractivity contribution in [1.82, 2.24) is 4.98 Å². The maximum atomic E-state index is 13.8. The third-order valence-corrected chi connectivity index (χ3v) is 5.06. The summed E-state index contributed by atoms with van der Waals surface area (Å²) in [4.78, 5) is 16.5. The minimum Gasteiger partial charge on any atom is -0.465 e. The van der Waals surface area contributed by atoms with Crippen LogP contribution in [0.15, 0.2) is 32.5 Å². The summed E-state index contributed by atoms with van der Waals surface area (Å²) in [6.45, 7) is 3.42. The van der Waals surface area contributed by atoms with Crippen molar-refractivity contribution in [2.24, 2.45) is 0 Å². The molecule has 24 heavy (non-hydrogen) atoms. The summed E-state index contributed by atoms with van der Waals surface area (Å²) < 4.78 is 33.0. The Kier molecular flexibility index (Phi) is 4.51. The molecule has 0 atom stereocenters. The zero-order chi connectivity index (χ0) is 17.4. The first-order chi connectivity index (χ1) is 11.4. The number of hydrogen-bond donors (Lipinski definition) is 1. The Morgan fingerprint density at radius 1 is 1.29 bits per heavy atom. The van der Waals surface area contributed by atoms with Gasteiger partial charge < -0.3 is 4.42 Å². The molecule has 3 rings (SSSR count).